The van der Waals surface area contributed by atoms with Crippen molar-refractivity contribution in [2.75, 3.05) is 6.61 Å². The van der Waals surface area contributed by atoms with Gasteiger partial charge in [-0.3, -0.25) is 9.59 Å². The van der Waals surface area contributed by atoms with Crippen LogP contribution in [0.15, 0.2) is 48.5 Å². The summed E-state index contributed by atoms with van der Waals surface area (Å²) in [5, 5.41) is 14.0. The molecule has 0 spiro atoms. The average Bonchev–Trinajstić information content (AvgIpc) is 3.05. The van der Waals surface area contributed by atoms with Crippen LogP contribution in [0.2, 0.25) is 0 Å². The summed E-state index contributed by atoms with van der Waals surface area (Å²) < 4.78 is 5.43. The normalized spacial score (nSPS) is 14.2. The highest BCUT2D eigenvalue weighted by molar-refractivity contribution is 5.86. The molecule has 0 bridgehead atoms. The largest absolute Gasteiger partial charge is 0.481 e. The summed E-state index contributed by atoms with van der Waals surface area (Å²) in [7, 11) is 0. The van der Waals surface area contributed by atoms with Crippen molar-refractivity contribution < 1.29 is 24.2 Å². The molecule has 158 valence electrons. The number of ether oxygens (including phenoxy) is 1. The predicted molar refractivity (Wildman–Crippen MR) is 112 cm³/mol. The van der Waals surface area contributed by atoms with Crippen molar-refractivity contribution in [3.05, 3.63) is 59.7 Å². The van der Waals surface area contributed by atoms with E-state index in [1.54, 1.807) is 6.92 Å². The van der Waals surface area contributed by atoms with Gasteiger partial charge in [-0.15, -0.1) is 0 Å². The molecule has 0 aromatic heterocycles. The number of amides is 2. The summed E-state index contributed by atoms with van der Waals surface area (Å²) >= 11 is 0. The number of hydrogen-bond acceptors (Lipinski definition) is 4. The Bertz CT molecular complexity index is 897. The van der Waals surface area contributed by atoms with Gasteiger partial charge in [-0.25, -0.2) is 4.79 Å². The summed E-state index contributed by atoms with van der Waals surface area (Å²) in [4.78, 5) is 35.4. The molecule has 30 heavy (non-hydrogen) atoms. The van der Waals surface area contributed by atoms with E-state index in [-0.39, 0.29) is 18.9 Å². The van der Waals surface area contributed by atoms with E-state index in [2.05, 4.69) is 22.8 Å². The number of benzene rings is 2. The highest BCUT2D eigenvalue weighted by atomic mass is 16.5. The number of fused-ring (bicyclic) bond motifs is 3. The standard InChI is InChI=1S/C23H26N2O5/c1-3-15(12-21(26)27)25-22(28)14(2)24-23(29)30-13-20-18-10-6-4-8-16(18)17-9-5-7-11-19(17)20/h4-11,14-15,20H,3,12-13H2,1-2H3,(H,24,29)(H,25,28)(H,26,27)/t14-,15?/m0/s1. The Balaban J connectivity index is 1.57. The minimum atomic E-state index is -0.987. The van der Waals surface area contributed by atoms with Gasteiger partial charge in [0.2, 0.25) is 5.91 Å². The van der Waals surface area contributed by atoms with Gasteiger partial charge in [-0.1, -0.05) is 55.5 Å². The molecule has 0 aliphatic heterocycles. The third kappa shape index (κ3) is 4.79. The molecule has 1 aliphatic rings. The van der Waals surface area contributed by atoms with E-state index in [4.69, 9.17) is 9.84 Å². The molecule has 0 radical (unpaired) electrons. The lowest BCUT2D eigenvalue weighted by atomic mass is 9.98. The van der Waals surface area contributed by atoms with Crippen LogP contribution < -0.4 is 10.6 Å². The molecule has 3 rings (SSSR count). The zero-order valence-electron chi connectivity index (χ0n) is 17.1. The third-order valence-corrected chi connectivity index (χ3v) is 5.33. The van der Waals surface area contributed by atoms with Crippen LogP contribution in [0.5, 0.6) is 0 Å². The quantitative estimate of drug-likeness (QED) is 0.619. The number of alkyl carbamates (subject to hydrolysis) is 1. The number of rotatable bonds is 8. The number of nitrogens with one attached hydrogen (secondary N) is 2. The molecule has 0 fully saturated rings. The number of carbonyl (C=O) groups is 3. The Morgan fingerprint density at radius 1 is 1.00 bits per heavy atom. The molecule has 3 N–H and O–H groups in total. The van der Waals surface area contributed by atoms with Gasteiger partial charge < -0.3 is 20.5 Å². The summed E-state index contributed by atoms with van der Waals surface area (Å²) in [5.41, 5.74) is 4.49. The fraction of sp³-hybridized carbons (Fsp3) is 0.348. The number of hydrogen-bond donors (Lipinski definition) is 3. The fourth-order valence-electron chi connectivity index (χ4n) is 3.72. The smallest absolute Gasteiger partial charge is 0.407 e. The van der Waals surface area contributed by atoms with E-state index in [9.17, 15) is 14.4 Å². The summed E-state index contributed by atoms with van der Waals surface area (Å²) in [6.45, 7) is 3.48. The topological polar surface area (TPSA) is 105 Å². The van der Waals surface area contributed by atoms with Crippen LogP contribution in [0, 0.1) is 0 Å². The molecular formula is C23H26N2O5. The number of aliphatic carboxylic acids is 1. The van der Waals surface area contributed by atoms with Gasteiger partial charge in [0, 0.05) is 12.0 Å². The Morgan fingerprint density at radius 3 is 2.10 bits per heavy atom. The van der Waals surface area contributed by atoms with Crippen LogP contribution >= 0.6 is 0 Å². The molecule has 1 unspecified atom stereocenters. The van der Waals surface area contributed by atoms with Crippen molar-refractivity contribution in [2.24, 2.45) is 0 Å². The van der Waals surface area contributed by atoms with Crippen molar-refractivity contribution in [1.82, 2.24) is 10.6 Å². The molecule has 2 aromatic rings. The lowest BCUT2D eigenvalue weighted by Gasteiger charge is -2.20. The molecule has 1 aliphatic carbocycles. The molecule has 0 saturated heterocycles. The van der Waals surface area contributed by atoms with Gasteiger partial charge >= 0.3 is 12.1 Å². The van der Waals surface area contributed by atoms with Crippen LogP contribution in [0.4, 0.5) is 4.79 Å². The van der Waals surface area contributed by atoms with Gasteiger partial charge in [0.15, 0.2) is 0 Å². The van der Waals surface area contributed by atoms with Gasteiger partial charge in [0.1, 0.15) is 12.6 Å². The van der Waals surface area contributed by atoms with Gasteiger partial charge in [0.25, 0.3) is 0 Å². The van der Waals surface area contributed by atoms with Crippen LogP contribution in [0.1, 0.15) is 43.7 Å². The lowest BCUT2D eigenvalue weighted by Crippen LogP contribution is -2.48. The molecule has 0 heterocycles. The summed E-state index contributed by atoms with van der Waals surface area (Å²) in [6, 6.07) is 14.8. The maximum Gasteiger partial charge on any atom is 0.407 e. The first-order valence-electron chi connectivity index (χ1n) is 10.0. The number of carbonyl (C=O) groups excluding carboxylic acids is 2. The molecule has 7 nitrogen and oxygen atoms in total. The number of carboxylic acid groups (broad SMARTS) is 1. The van der Waals surface area contributed by atoms with Crippen molar-refractivity contribution in [2.45, 2.75) is 44.7 Å². The first-order chi connectivity index (χ1) is 14.4. The molecule has 0 saturated carbocycles. The molecule has 7 heteroatoms. The van der Waals surface area contributed by atoms with Crippen LogP contribution in [-0.4, -0.2) is 41.8 Å². The first kappa shape index (κ1) is 21.4. The van der Waals surface area contributed by atoms with E-state index >= 15 is 0 Å². The Morgan fingerprint density at radius 2 is 1.57 bits per heavy atom. The zero-order chi connectivity index (χ0) is 21.7. The van der Waals surface area contributed by atoms with Gasteiger partial charge in [-0.05, 0) is 35.6 Å². The van der Waals surface area contributed by atoms with E-state index in [0.29, 0.717) is 6.42 Å². The lowest BCUT2D eigenvalue weighted by molar-refractivity contribution is -0.137. The first-order valence-corrected chi connectivity index (χ1v) is 10.0. The van der Waals surface area contributed by atoms with E-state index < -0.39 is 30.1 Å². The summed E-state index contributed by atoms with van der Waals surface area (Å²) in [6.07, 6.45) is -0.374. The second-order valence-electron chi connectivity index (χ2n) is 7.40. The maximum absolute atomic E-state index is 12.3. The number of carboxylic acids is 1. The SMILES string of the molecule is CCC(CC(=O)O)NC(=O)[C@H](C)NC(=O)OCC1c2ccccc2-c2ccccc21. The van der Waals surface area contributed by atoms with Crippen molar-refractivity contribution in [1.29, 1.82) is 0 Å². The average molecular weight is 410 g/mol. The molecule has 2 aromatic carbocycles. The Hall–Kier alpha value is -3.35. The van der Waals surface area contributed by atoms with Crippen molar-refractivity contribution in [3.63, 3.8) is 0 Å². The second-order valence-corrected chi connectivity index (χ2v) is 7.40. The highest BCUT2D eigenvalue weighted by Gasteiger charge is 2.29. The van der Waals surface area contributed by atoms with Crippen LogP contribution in [0.25, 0.3) is 11.1 Å². The molecule has 2 atom stereocenters. The van der Waals surface area contributed by atoms with E-state index in [1.165, 1.54) is 6.92 Å². The molecule has 2 amide bonds. The van der Waals surface area contributed by atoms with E-state index in [0.717, 1.165) is 22.3 Å². The third-order valence-electron chi connectivity index (χ3n) is 5.33. The van der Waals surface area contributed by atoms with Crippen molar-refractivity contribution in [3.8, 4) is 11.1 Å². The van der Waals surface area contributed by atoms with Crippen LogP contribution in [0.3, 0.4) is 0 Å². The highest BCUT2D eigenvalue weighted by Crippen LogP contribution is 2.44. The summed E-state index contributed by atoms with van der Waals surface area (Å²) in [5.74, 6) is -1.50. The van der Waals surface area contributed by atoms with Crippen LogP contribution in [-0.2, 0) is 14.3 Å². The van der Waals surface area contributed by atoms with E-state index in [1.807, 2.05) is 36.4 Å². The minimum Gasteiger partial charge on any atom is -0.481 e. The maximum atomic E-state index is 12.3. The minimum absolute atomic E-state index is 0.0627. The van der Waals surface area contributed by atoms with Crippen molar-refractivity contribution >= 4 is 18.0 Å². The second kappa shape index (κ2) is 9.43. The predicted octanol–water partition coefficient (Wildman–Crippen LogP) is 3.28. The fourth-order valence-corrected chi connectivity index (χ4v) is 3.72. The van der Waals surface area contributed by atoms with Gasteiger partial charge in [0.05, 0.1) is 6.42 Å². The monoisotopic (exact) mass is 410 g/mol. The van der Waals surface area contributed by atoms with Gasteiger partial charge in [-0.2, -0.15) is 0 Å². The Labute approximate surface area is 175 Å². The molecular weight excluding hydrogens is 384 g/mol. The Kier molecular flexibility index (Phi) is 6.72. The zero-order valence-corrected chi connectivity index (χ0v) is 17.1.